The van der Waals surface area contributed by atoms with Gasteiger partial charge in [-0.3, -0.25) is 4.79 Å². The predicted molar refractivity (Wildman–Crippen MR) is 125 cm³/mol. The first kappa shape index (κ1) is 20.7. The average Bonchev–Trinajstić information content (AvgIpc) is 3.22. The van der Waals surface area contributed by atoms with Crippen LogP contribution in [0.2, 0.25) is 5.02 Å². The van der Waals surface area contributed by atoms with Crippen molar-refractivity contribution in [2.24, 2.45) is 0 Å². The molecular formula is C25H23ClN4O2. The number of piperidine rings is 1. The summed E-state index contributed by atoms with van der Waals surface area (Å²) in [5.74, 6) is -0.0978. The molecule has 5 rings (SSSR count). The standard InChI is InChI=1S/C25H23ClN4O2/c26-19-10-8-17(9-11-19)15-30-24-22(14-27-30)21(25(32)29-12-4-7-20(31)16-29)13-23(28-24)18-5-2-1-3-6-18/h1-3,5-6,8-11,13-14,20,31H,4,7,12,15-16H2. The number of pyridine rings is 1. The Labute approximate surface area is 191 Å². The molecule has 4 aromatic rings. The van der Waals surface area contributed by atoms with Crippen LogP contribution in [0.4, 0.5) is 0 Å². The Balaban J connectivity index is 1.61. The van der Waals surface area contributed by atoms with Gasteiger partial charge in [0.05, 0.1) is 35.5 Å². The largest absolute Gasteiger partial charge is 0.391 e. The zero-order chi connectivity index (χ0) is 22.1. The minimum Gasteiger partial charge on any atom is -0.391 e. The summed E-state index contributed by atoms with van der Waals surface area (Å²) in [6.07, 6.45) is 2.75. The van der Waals surface area contributed by atoms with Crippen LogP contribution in [-0.2, 0) is 6.54 Å². The third-order valence-corrected chi connectivity index (χ3v) is 6.09. The van der Waals surface area contributed by atoms with Gasteiger partial charge in [-0.1, -0.05) is 54.1 Å². The molecule has 0 bridgehead atoms. The van der Waals surface area contributed by atoms with Crippen LogP contribution in [0.25, 0.3) is 22.3 Å². The lowest BCUT2D eigenvalue weighted by Crippen LogP contribution is -2.42. The number of benzene rings is 2. The van der Waals surface area contributed by atoms with Gasteiger partial charge in [0.1, 0.15) is 0 Å². The Kier molecular flexibility index (Phi) is 5.64. The number of hydrogen-bond donors (Lipinski definition) is 1. The monoisotopic (exact) mass is 446 g/mol. The molecule has 1 atom stereocenters. The number of amides is 1. The fourth-order valence-electron chi connectivity index (χ4n) is 4.17. The maximum atomic E-state index is 13.5. The number of β-amino-alcohol motifs (C(OH)–C–C–N with tert-alkyl or cyclic N) is 1. The van der Waals surface area contributed by atoms with Crippen LogP contribution in [0, 0.1) is 0 Å². The Bertz CT molecular complexity index is 1250. The molecule has 0 aliphatic carbocycles. The topological polar surface area (TPSA) is 71.2 Å². The average molecular weight is 447 g/mol. The molecule has 0 spiro atoms. The summed E-state index contributed by atoms with van der Waals surface area (Å²) < 4.78 is 1.81. The second-order valence-electron chi connectivity index (χ2n) is 8.13. The van der Waals surface area contributed by atoms with E-state index in [1.165, 1.54) is 0 Å². The fourth-order valence-corrected chi connectivity index (χ4v) is 4.30. The van der Waals surface area contributed by atoms with Crippen molar-refractivity contribution in [1.29, 1.82) is 0 Å². The minimum absolute atomic E-state index is 0.0978. The van der Waals surface area contributed by atoms with E-state index in [1.54, 1.807) is 11.1 Å². The number of aromatic nitrogens is 3. The van der Waals surface area contributed by atoms with Gasteiger partial charge >= 0.3 is 0 Å². The molecule has 2 aromatic carbocycles. The summed E-state index contributed by atoms with van der Waals surface area (Å²) in [4.78, 5) is 20.1. The number of rotatable bonds is 4. The number of carbonyl (C=O) groups excluding carboxylic acids is 1. The molecule has 1 aliphatic heterocycles. The van der Waals surface area contributed by atoms with Crippen molar-refractivity contribution in [1.82, 2.24) is 19.7 Å². The van der Waals surface area contributed by atoms with E-state index in [1.807, 2.05) is 65.3 Å². The van der Waals surface area contributed by atoms with Gasteiger partial charge in [0, 0.05) is 23.7 Å². The zero-order valence-electron chi connectivity index (χ0n) is 17.5. The highest BCUT2D eigenvalue weighted by Crippen LogP contribution is 2.27. The smallest absolute Gasteiger partial charge is 0.254 e. The number of aliphatic hydroxyl groups excluding tert-OH is 1. The first-order chi connectivity index (χ1) is 15.6. The highest BCUT2D eigenvalue weighted by molar-refractivity contribution is 6.30. The van der Waals surface area contributed by atoms with Crippen LogP contribution in [0.15, 0.2) is 66.9 Å². The number of fused-ring (bicyclic) bond motifs is 1. The number of hydrogen-bond acceptors (Lipinski definition) is 4. The van der Waals surface area contributed by atoms with E-state index >= 15 is 0 Å². The second-order valence-corrected chi connectivity index (χ2v) is 8.57. The molecule has 1 fully saturated rings. The van der Waals surface area contributed by atoms with E-state index in [0.717, 1.165) is 29.7 Å². The zero-order valence-corrected chi connectivity index (χ0v) is 18.2. The molecule has 0 saturated carbocycles. The van der Waals surface area contributed by atoms with E-state index in [0.29, 0.717) is 41.3 Å². The van der Waals surface area contributed by atoms with Gasteiger partial charge in [-0.25, -0.2) is 9.67 Å². The number of carbonyl (C=O) groups is 1. The summed E-state index contributed by atoms with van der Waals surface area (Å²) in [6, 6.07) is 19.3. The van der Waals surface area contributed by atoms with Gasteiger partial charge in [-0.15, -0.1) is 0 Å². The van der Waals surface area contributed by atoms with Gasteiger partial charge in [0.2, 0.25) is 0 Å². The van der Waals surface area contributed by atoms with Crippen molar-refractivity contribution in [3.05, 3.63) is 83.0 Å². The first-order valence-electron chi connectivity index (χ1n) is 10.7. The Hall–Kier alpha value is -3.22. The fraction of sp³-hybridized carbons (Fsp3) is 0.240. The maximum Gasteiger partial charge on any atom is 0.254 e. The number of halogens is 1. The number of likely N-dealkylation sites (tertiary alicyclic amines) is 1. The van der Waals surface area contributed by atoms with Crippen molar-refractivity contribution in [2.45, 2.75) is 25.5 Å². The van der Waals surface area contributed by atoms with Crippen LogP contribution < -0.4 is 0 Å². The summed E-state index contributed by atoms with van der Waals surface area (Å²) in [7, 11) is 0. The molecule has 7 heteroatoms. The van der Waals surface area contributed by atoms with Crippen molar-refractivity contribution in [2.75, 3.05) is 13.1 Å². The molecule has 1 saturated heterocycles. The lowest BCUT2D eigenvalue weighted by molar-refractivity contribution is 0.0475. The van der Waals surface area contributed by atoms with Crippen molar-refractivity contribution in [3.8, 4) is 11.3 Å². The lowest BCUT2D eigenvalue weighted by Gasteiger charge is -2.30. The highest BCUT2D eigenvalue weighted by Gasteiger charge is 2.26. The molecule has 3 heterocycles. The molecule has 1 N–H and O–H groups in total. The normalized spacial score (nSPS) is 16.4. The van der Waals surface area contributed by atoms with Gasteiger partial charge < -0.3 is 10.0 Å². The van der Waals surface area contributed by atoms with Gasteiger partial charge in [0.15, 0.2) is 5.65 Å². The van der Waals surface area contributed by atoms with Crippen LogP contribution in [-0.4, -0.2) is 49.9 Å². The summed E-state index contributed by atoms with van der Waals surface area (Å²) >= 11 is 6.02. The van der Waals surface area contributed by atoms with Gasteiger partial charge in [-0.05, 0) is 36.6 Å². The molecule has 162 valence electrons. The molecule has 0 radical (unpaired) electrons. The predicted octanol–water partition coefficient (Wildman–Crippen LogP) is 4.40. The molecule has 1 amide bonds. The van der Waals surface area contributed by atoms with E-state index in [9.17, 15) is 9.90 Å². The molecular weight excluding hydrogens is 424 g/mol. The number of aliphatic hydroxyl groups is 1. The third kappa shape index (κ3) is 4.11. The third-order valence-electron chi connectivity index (χ3n) is 5.84. The molecule has 6 nitrogen and oxygen atoms in total. The molecule has 1 aliphatic rings. The van der Waals surface area contributed by atoms with Crippen LogP contribution in [0.5, 0.6) is 0 Å². The van der Waals surface area contributed by atoms with Crippen LogP contribution in [0.3, 0.4) is 0 Å². The first-order valence-corrected chi connectivity index (χ1v) is 11.1. The van der Waals surface area contributed by atoms with Crippen LogP contribution in [0.1, 0.15) is 28.8 Å². The maximum absolute atomic E-state index is 13.5. The van der Waals surface area contributed by atoms with Gasteiger partial charge in [0.25, 0.3) is 5.91 Å². The van der Waals surface area contributed by atoms with E-state index in [4.69, 9.17) is 16.6 Å². The number of nitrogens with zero attached hydrogens (tertiary/aromatic N) is 4. The minimum atomic E-state index is -0.480. The van der Waals surface area contributed by atoms with E-state index in [2.05, 4.69) is 5.10 Å². The lowest BCUT2D eigenvalue weighted by atomic mass is 10.0. The SMILES string of the molecule is O=C(c1cc(-c2ccccc2)nc2c1cnn2Cc1ccc(Cl)cc1)N1CCCC(O)C1. The molecule has 1 unspecified atom stereocenters. The van der Waals surface area contributed by atoms with E-state index in [-0.39, 0.29) is 5.91 Å². The Morgan fingerprint density at radius 2 is 1.91 bits per heavy atom. The van der Waals surface area contributed by atoms with E-state index < -0.39 is 6.10 Å². The summed E-state index contributed by atoms with van der Waals surface area (Å²) in [5.41, 5.74) is 3.91. The summed E-state index contributed by atoms with van der Waals surface area (Å²) in [6.45, 7) is 1.50. The van der Waals surface area contributed by atoms with Crippen LogP contribution >= 0.6 is 11.6 Å². The Morgan fingerprint density at radius 3 is 2.66 bits per heavy atom. The van der Waals surface area contributed by atoms with Crippen molar-refractivity contribution in [3.63, 3.8) is 0 Å². The quantitative estimate of drug-likeness (QED) is 0.504. The van der Waals surface area contributed by atoms with Gasteiger partial charge in [-0.2, -0.15) is 5.10 Å². The molecule has 2 aromatic heterocycles. The second kappa shape index (κ2) is 8.73. The Morgan fingerprint density at radius 1 is 1.12 bits per heavy atom. The summed E-state index contributed by atoms with van der Waals surface area (Å²) in [5, 5.41) is 16.0. The van der Waals surface area contributed by atoms with Crippen molar-refractivity contribution >= 4 is 28.5 Å². The molecule has 32 heavy (non-hydrogen) atoms. The highest BCUT2D eigenvalue weighted by atomic mass is 35.5. The van der Waals surface area contributed by atoms with Crippen molar-refractivity contribution < 1.29 is 9.90 Å².